The van der Waals surface area contributed by atoms with Gasteiger partial charge in [0.1, 0.15) is 0 Å². The summed E-state index contributed by atoms with van der Waals surface area (Å²) in [5.41, 5.74) is 2.17. The fourth-order valence-electron chi connectivity index (χ4n) is 2.12. The molecule has 0 radical (unpaired) electrons. The van der Waals surface area contributed by atoms with E-state index in [1.165, 1.54) is 0 Å². The summed E-state index contributed by atoms with van der Waals surface area (Å²) in [7, 11) is 4.82. The van der Waals surface area contributed by atoms with E-state index in [9.17, 15) is 0 Å². The van der Waals surface area contributed by atoms with Crippen molar-refractivity contribution in [1.82, 2.24) is 15.5 Å². The first-order valence-electron chi connectivity index (χ1n) is 6.70. The van der Waals surface area contributed by atoms with E-state index in [0.717, 1.165) is 11.1 Å². The van der Waals surface area contributed by atoms with Gasteiger partial charge >= 0.3 is 0 Å². The third-order valence-corrected chi connectivity index (χ3v) is 3.36. The van der Waals surface area contributed by atoms with Crippen molar-refractivity contribution >= 4 is 0 Å². The van der Waals surface area contributed by atoms with Gasteiger partial charge in [0.2, 0.25) is 5.75 Å². The van der Waals surface area contributed by atoms with E-state index in [2.05, 4.69) is 22.4 Å². The van der Waals surface area contributed by atoms with Crippen molar-refractivity contribution in [3.05, 3.63) is 35.7 Å². The molecule has 1 aromatic heterocycles. The van der Waals surface area contributed by atoms with Crippen molar-refractivity contribution in [1.29, 1.82) is 0 Å². The van der Waals surface area contributed by atoms with Gasteiger partial charge in [-0.25, -0.2) is 0 Å². The SMILES string of the molecule is COc1cc(CNC(C)c2cn[nH]c2)cc(OC)c1OC. The van der Waals surface area contributed by atoms with Crippen molar-refractivity contribution < 1.29 is 14.2 Å². The Morgan fingerprint density at radius 1 is 1.14 bits per heavy atom. The molecule has 0 aliphatic heterocycles. The number of nitrogens with zero attached hydrogens (tertiary/aromatic N) is 1. The molecule has 6 nitrogen and oxygen atoms in total. The average Bonchev–Trinajstić information content (AvgIpc) is 3.05. The Labute approximate surface area is 124 Å². The highest BCUT2D eigenvalue weighted by Gasteiger charge is 2.14. The van der Waals surface area contributed by atoms with Crippen LogP contribution in [0.5, 0.6) is 17.2 Å². The highest BCUT2D eigenvalue weighted by atomic mass is 16.5. The molecule has 0 saturated heterocycles. The molecule has 1 heterocycles. The van der Waals surface area contributed by atoms with Gasteiger partial charge in [-0.2, -0.15) is 5.10 Å². The maximum atomic E-state index is 5.35. The minimum Gasteiger partial charge on any atom is -0.493 e. The number of H-pyrrole nitrogens is 1. The average molecular weight is 291 g/mol. The molecule has 2 aromatic rings. The van der Waals surface area contributed by atoms with E-state index in [1.807, 2.05) is 24.5 Å². The van der Waals surface area contributed by atoms with Crippen LogP contribution in [0.4, 0.5) is 0 Å². The van der Waals surface area contributed by atoms with Crippen LogP contribution in [-0.2, 0) is 6.54 Å². The lowest BCUT2D eigenvalue weighted by molar-refractivity contribution is 0.323. The minimum atomic E-state index is 0.197. The first-order chi connectivity index (χ1) is 10.2. The Balaban J connectivity index is 2.13. The van der Waals surface area contributed by atoms with Gasteiger partial charge in [0.05, 0.1) is 27.5 Å². The fourth-order valence-corrected chi connectivity index (χ4v) is 2.12. The van der Waals surface area contributed by atoms with Crippen LogP contribution in [0.2, 0.25) is 0 Å². The number of aromatic nitrogens is 2. The number of benzene rings is 1. The molecule has 6 heteroatoms. The minimum absolute atomic E-state index is 0.197. The van der Waals surface area contributed by atoms with Crippen molar-refractivity contribution in [3.63, 3.8) is 0 Å². The zero-order valence-corrected chi connectivity index (χ0v) is 12.8. The number of nitrogens with one attached hydrogen (secondary N) is 2. The Hall–Kier alpha value is -2.21. The van der Waals surface area contributed by atoms with Crippen LogP contribution >= 0.6 is 0 Å². The van der Waals surface area contributed by atoms with Crippen molar-refractivity contribution in [2.45, 2.75) is 19.5 Å². The lowest BCUT2D eigenvalue weighted by Gasteiger charge is -2.16. The Kier molecular flexibility index (Phi) is 5.05. The number of rotatable bonds is 7. The molecule has 2 N–H and O–H groups in total. The van der Waals surface area contributed by atoms with Gasteiger partial charge in [0.25, 0.3) is 0 Å². The van der Waals surface area contributed by atoms with E-state index in [4.69, 9.17) is 14.2 Å². The largest absolute Gasteiger partial charge is 0.493 e. The molecule has 2 rings (SSSR count). The quantitative estimate of drug-likeness (QED) is 0.819. The molecule has 0 fully saturated rings. The summed E-state index contributed by atoms with van der Waals surface area (Å²) in [4.78, 5) is 0. The number of hydrogen-bond donors (Lipinski definition) is 2. The monoisotopic (exact) mass is 291 g/mol. The number of ether oxygens (including phenoxy) is 3. The van der Waals surface area contributed by atoms with Crippen LogP contribution in [0.25, 0.3) is 0 Å². The van der Waals surface area contributed by atoms with Crippen LogP contribution in [0.1, 0.15) is 24.1 Å². The van der Waals surface area contributed by atoms with E-state index in [1.54, 1.807) is 21.3 Å². The molecule has 0 saturated carbocycles. The third kappa shape index (κ3) is 3.46. The summed E-state index contributed by atoms with van der Waals surface area (Å²) < 4.78 is 16.0. The smallest absolute Gasteiger partial charge is 0.203 e. The maximum absolute atomic E-state index is 5.35. The molecule has 0 spiro atoms. The number of hydrogen-bond acceptors (Lipinski definition) is 5. The Morgan fingerprint density at radius 3 is 2.29 bits per heavy atom. The summed E-state index contributed by atoms with van der Waals surface area (Å²) in [6, 6.07) is 4.08. The zero-order valence-electron chi connectivity index (χ0n) is 12.8. The molecule has 0 aliphatic rings. The molecule has 1 unspecified atom stereocenters. The zero-order chi connectivity index (χ0) is 15.2. The predicted octanol–water partition coefficient (Wildman–Crippen LogP) is 2.29. The fraction of sp³-hybridized carbons (Fsp3) is 0.400. The van der Waals surface area contributed by atoms with Crippen LogP contribution in [-0.4, -0.2) is 31.5 Å². The van der Waals surface area contributed by atoms with E-state index >= 15 is 0 Å². The van der Waals surface area contributed by atoms with Gasteiger partial charge in [-0.05, 0) is 24.6 Å². The van der Waals surface area contributed by atoms with E-state index in [-0.39, 0.29) is 6.04 Å². The molecule has 0 bridgehead atoms. The summed E-state index contributed by atoms with van der Waals surface area (Å²) in [6.45, 7) is 2.77. The topological polar surface area (TPSA) is 68.4 Å². The summed E-state index contributed by atoms with van der Waals surface area (Å²) in [6.07, 6.45) is 3.69. The molecular formula is C15H21N3O3. The van der Waals surface area contributed by atoms with Gasteiger partial charge in [-0.1, -0.05) is 0 Å². The van der Waals surface area contributed by atoms with Gasteiger partial charge in [0.15, 0.2) is 11.5 Å². The van der Waals surface area contributed by atoms with Crippen LogP contribution in [0, 0.1) is 0 Å². The van der Waals surface area contributed by atoms with Gasteiger partial charge < -0.3 is 19.5 Å². The van der Waals surface area contributed by atoms with Gasteiger partial charge in [-0.3, -0.25) is 5.10 Å². The Morgan fingerprint density at radius 2 is 1.81 bits per heavy atom. The lowest BCUT2D eigenvalue weighted by atomic mass is 10.1. The van der Waals surface area contributed by atoms with Crippen molar-refractivity contribution in [2.75, 3.05) is 21.3 Å². The van der Waals surface area contributed by atoms with E-state index < -0.39 is 0 Å². The first-order valence-corrected chi connectivity index (χ1v) is 6.70. The predicted molar refractivity (Wildman–Crippen MR) is 79.9 cm³/mol. The summed E-state index contributed by atoms with van der Waals surface area (Å²) in [5.74, 6) is 1.92. The molecule has 21 heavy (non-hydrogen) atoms. The third-order valence-electron chi connectivity index (χ3n) is 3.36. The van der Waals surface area contributed by atoms with Crippen LogP contribution in [0.15, 0.2) is 24.5 Å². The summed E-state index contributed by atoms with van der Waals surface area (Å²) >= 11 is 0. The van der Waals surface area contributed by atoms with Gasteiger partial charge in [0, 0.05) is 24.3 Å². The molecule has 114 valence electrons. The van der Waals surface area contributed by atoms with Crippen LogP contribution < -0.4 is 19.5 Å². The molecule has 0 amide bonds. The first kappa shape index (κ1) is 15.2. The van der Waals surface area contributed by atoms with E-state index in [0.29, 0.717) is 23.8 Å². The second-order valence-electron chi connectivity index (χ2n) is 4.67. The maximum Gasteiger partial charge on any atom is 0.203 e. The Bertz CT molecular complexity index is 545. The second kappa shape index (κ2) is 6.99. The molecule has 0 aliphatic carbocycles. The number of aromatic amines is 1. The van der Waals surface area contributed by atoms with Gasteiger partial charge in [-0.15, -0.1) is 0 Å². The van der Waals surface area contributed by atoms with Crippen LogP contribution in [0.3, 0.4) is 0 Å². The highest BCUT2D eigenvalue weighted by molar-refractivity contribution is 5.53. The number of methoxy groups -OCH3 is 3. The second-order valence-corrected chi connectivity index (χ2v) is 4.67. The molecule has 1 aromatic carbocycles. The van der Waals surface area contributed by atoms with Crippen molar-refractivity contribution in [2.24, 2.45) is 0 Å². The summed E-state index contributed by atoms with van der Waals surface area (Å²) in [5, 5.41) is 10.2. The standard InChI is InChI=1S/C15H21N3O3/c1-10(12-8-17-18-9-12)16-7-11-5-13(19-2)15(21-4)14(6-11)20-3/h5-6,8-10,16H,7H2,1-4H3,(H,17,18). The normalized spacial score (nSPS) is 12.0. The highest BCUT2D eigenvalue weighted by Crippen LogP contribution is 2.38. The molecular weight excluding hydrogens is 270 g/mol. The molecule has 1 atom stereocenters. The lowest BCUT2D eigenvalue weighted by Crippen LogP contribution is -2.17. The van der Waals surface area contributed by atoms with Crippen molar-refractivity contribution in [3.8, 4) is 17.2 Å².